The number of esters is 1. The van der Waals surface area contributed by atoms with Crippen LogP contribution < -0.4 is 4.90 Å². The lowest BCUT2D eigenvalue weighted by Gasteiger charge is -2.21. The van der Waals surface area contributed by atoms with Gasteiger partial charge in [0.1, 0.15) is 0 Å². The SMILES string of the molecule is CCOC(=O)C1CC1CN(C(C)=O)c1ccccc1. The second kappa shape index (κ2) is 5.87. The van der Waals surface area contributed by atoms with Crippen molar-refractivity contribution in [2.24, 2.45) is 11.8 Å². The highest BCUT2D eigenvalue weighted by Gasteiger charge is 2.45. The van der Waals surface area contributed by atoms with E-state index < -0.39 is 0 Å². The number of para-hydroxylation sites is 1. The molecule has 0 heterocycles. The molecule has 1 aliphatic carbocycles. The summed E-state index contributed by atoms with van der Waals surface area (Å²) in [6.45, 7) is 4.36. The second-order valence-electron chi connectivity index (χ2n) is 4.82. The lowest BCUT2D eigenvalue weighted by Crippen LogP contribution is -2.31. The Morgan fingerprint density at radius 2 is 2.00 bits per heavy atom. The number of rotatable bonds is 5. The van der Waals surface area contributed by atoms with E-state index in [0.717, 1.165) is 12.1 Å². The molecule has 0 bridgehead atoms. The van der Waals surface area contributed by atoms with E-state index in [0.29, 0.717) is 13.2 Å². The van der Waals surface area contributed by atoms with Gasteiger partial charge in [-0.2, -0.15) is 0 Å². The van der Waals surface area contributed by atoms with Crippen molar-refractivity contribution in [1.29, 1.82) is 0 Å². The molecule has 2 atom stereocenters. The first kappa shape index (κ1) is 13.6. The molecular weight excluding hydrogens is 242 g/mol. The first-order valence-corrected chi connectivity index (χ1v) is 6.63. The Bertz CT molecular complexity index is 458. The van der Waals surface area contributed by atoms with E-state index in [-0.39, 0.29) is 23.7 Å². The van der Waals surface area contributed by atoms with Crippen molar-refractivity contribution < 1.29 is 14.3 Å². The van der Waals surface area contributed by atoms with E-state index in [4.69, 9.17) is 4.74 Å². The summed E-state index contributed by atoms with van der Waals surface area (Å²) < 4.78 is 5.00. The quantitative estimate of drug-likeness (QED) is 0.764. The Hall–Kier alpha value is -1.84. The number of amides is 1. The summed E-state index contributed by atoms with van der Waals surface area (Å²) in [4.78, 5) is 25.0. The Kier molecular flexibility index (Phi) is 4.20. The number of hydrogen-bond acceptors (Lipinski definition) is 3. The predicted octanol–water partition coefficient (Wildman–Crippen LogP) is 2.24. The standard InChI is InChI=1S/C15H19NO3/c1-3-19-15(18)14-9-12(14)10-16(11(2)17)13-7-5-4-6-8-13/h4-8,12,14H,3,9-10H2,1-2H3. The lowest BCUT2D eigenvalue weighted by atomic mass is 10.2. The first-order valence-electron chi connectivity index (χ1n) is 6.63. The zero-order valence-electron chi connectivity index (χ0n) is 11.3. The summed E-state index contributed by atoms with van der Waals surface area (Å²) >= 11 is 0. The first-order chi connectivity index (χ1) is 9.13. The number of anilines is 1. The van der Waals surface area contributed by atoms with Crippen LogP contribution in [0.15, 0.2) is 30.3 Å². The molecule has 1 aromatic rings. The van der Waals surface area contributed by atoms with Gasteiger partial charge in [0.2, 0.25) is 5.91 Å². The average Bonchev–Trinajstić information content (AvgIpc) is 3.16. The summed E-state index contributed by atoms with van der Waals surface area (Å²) in [7, 11) is 0. The monoisotopic (exact) mass is 261 g/mol. The molecular formula is C15H19NO3. The average molecular weight is 261 g/mol. The van der Waals surface area contributed by atoms with Gasteiger partial charge in [0, 0.05) is 19.2 Å². The van der Waals surface area contributed by atoms with Crippen molar-refractivity contribution in [3.05, 3.63) is 30.3 Å². The topological polar surface area (TPSA) is 46.6 Å². The van der Waals surface area contributed by atoms with Gasteiger partial charge >= 0.3 is 5.97 Å². The molecule has 2 rings (SSSR count). The van der Waals surface area contributed by atoms with Crippen molar-refractivity contribution in [2.45, 2.75) is 20.3 Å². The number of benzene rings is 1. The molecule has 0 saturated heterocycles. The van der Waals surface area contributed by atoms with Gasteiger partial charge in [0.15, 0.2) is 0 Å². The van der Waals surface area contributed by atoms with Gasteiger partial charge in [-0.1, -0.05) is 18.2 Å². The predicted molar refractivity (Wildman–Crippen MR) is 72.7 cm³/mol. The summed E-state index contributed by atoms with van der Waals surface area (Å²) in [5.41, 5.74) is 0.879. The van der Waals surface area contributed by atoms with Gasteiger partial charge in [0.25, 0.3) is 0 Å². The second-order valence-corrected chi connectivity index (χ2v) is 4.82. The Labute approximate surface area is 113 Å². The largest absolute Gasteiger partial charge is 0.466 e. The Morgan fingerprint density at radius 1 is 1.32 bits per heavy atom. The van der Waals surface area contributed by atoms with Gasteiger partial charge in [-0.05, 0) is 31.4 Å². The molecule has 102 valence electrons. The van der Waals surface area contributed by atoms with Gasteiger partial charge in [-0.15, -0.1) is 0 Å². The smallest absolute Gasteiger partial charge is 0.309 e. The molecule has 0 aliphatic heterocycles. The number of ether oxygens (including phenoxy) is 1. The molecule has 1 amide bonds. The van der Waals surface area contributed by atoms with E-state index in [1.165, 1.54) is 0 Å². The normalized spacial score (nSPS) is 20.7. The Morgan fingerprint density at radius 3 is 2.58 bits per heavy atom. The minimum absolute atomic E-state index is 0.000656. The highest BCUT2D eigenvalue weighted by molar-refractivity contribution is 5.91. The molecule has 0 radical (unpaired) electrons. The molecule has 1 saturated carbocycles. The molecule has 1 aliphatic rings. The molecule has 4 heteroatoms. The maximum absolute atomic E-state index is 11.7. The van der Waals surface area contributed by atoms with Crippen LogP contribution in [0.2, 0.25) is 0 Å². The third kappa shape index (κ3) is 3.34. The van der Waals surface area contributed by atoms with Crippen LogP contribution in [-0.4, -0.2) is 25.0 Å². The van der Waals surface area contributed by atoms with Gasteiger partial charge < -0.3 is 9.64 Å². The van der Waals surface area contributed by atoms with Crippen molar-refractivity contribution >= 4 is 17.6 Å². The van der Waals surface area contributed by atoms with Gasteiger partial charge in [0.05, 0.1) is 12.5 Å². The fourth-order valence-corrected chi connectivity index (χ4v) is 2.25. The van der Waals surface area contributed by atoms with Gasteiger partial charge in [-0.25, -0.2) is 0 Å². The molecule has 0 N–H and O–H groups in total. The van der Waals surface area contributed by atoms with Crippen LogP contribution in [0.3, 0.4) is 0 Å². The van der Waals surface area contributed by atoms with Crippen LogP contribution in [0, 0.1) is 11.8 Å². The number of hydrogen-bond donors (Lipinski definition) is 0. The van der Waals surface area contributed by atoms with Crippen molar-refractivity contribution in [3.8, 4) is 0 Å². The van der Waals surface area contributed by atoms with Crippen LogP contribution in [0.4, 0.5) is 5.69 Å². The van der Waals surface area contributed by atoms with Crippen LogP contribution in [0.1, 0.15) is 20.3 Å². The number of nitrogens with zero attached hydrogens (tertiary/aromatic N) is 1. The Balaban J connectivity index is 1.97. The fourth-order valence-electron chi connectivity index (χ4n) is 2.25. The number of carbonyl (C=O) groups excluding carboxylic acids is 2. The van der Waals surface area contributed by atoms with Crippen molar-refractivity contribution in [2.75, 3.05) is 18.1 Å². The number of carbonyl (C=O) groups is 2. The van der Waals surface area contributed by atoms with Crippen LogP contribution >= 0.6 is 0 Å². The maximum atomic E-state index is 11.7. The van der Waals surface area contributed by atoms with E-state index in [2.05, 4.69) is 0 Å². The zero-order chi connectivity index (χ0) is 13.8. The molecule has 19 heavy (non-hydrogen) atoms. The fraction of sp³-hybridized carbons (Fsp3) is 0.467. The van der Waals surface area contributed by atoms with Crippen molar-refractivity contribution in [1.82, 2.24) is 0 Å². The molecule has 0 spiro atoms. The minimum atomic E-state index is -0.135. The maximum Gasteiger partial charge on any atom is 0.309 e. The van der Waals surface area contributed by atoms with Crippen LogP contribution in [-0.2, 0) is 14.3 Å². The molecule has 0 aromatic heterocycles. The third-order valence-electron chi connectivity index (χ3n) is 3.38. The van der Waals surface area contributed by atoms with Crippen LogP contribution in [0.5, 0.6) is 0 Å². The third-order valence-corrected chi connectivity index (χ3v) is 3.38. The molecule has 2 unspecified atom stereocenters. The summed E-state index contributed by atoms with van der Waals surface area (Å²) in [5, 5.41) is 0. The summed E-state index contributed by atoms with van der Waals surface area (Å²) in [5.74, 6) is 0.0541. The molecule has 4 nitrogen and oxygen atoms in total. The molecule has 1 aromatic carbocycles. The highest BCUT2D eigenvalue weighted by Crippen LogP contribution is 2.40. The van der Waals surface area contributed by atoms with E-state index in [1.807, 2.05) is 30.3 Å². The summed E-state index contributed by atoms with van der Waals surface area (Å²) in [6.07, 6.45) is 0.815. The highest BCUT2D eigenvalue weighted by atomic mass is 16.5. The minimum Gasteiger partial charge on any atom is -0.466 e. The van der Waals surface area contributed by atoms with E-state index >= 15 is 0 Å². The lowest BCUT2D eigenvalue weighted by molar-refractivity contribution is -0.145. The zero-order valence-corrected chi connectivity index (χ0v) is 11.3. The van der Waals surface area contributed by atoms with Crippen LogP contribution in [0.25, 0.3) is 0 Å². The van der Waals surface area contributed by atoms with Crippen molar-refractivity contribution in [3.63, 3.8) is 0 Å². The molecule has 1 fully saturated rings. The van der Waals surface area contributed by atoms with E-state index in [1.54, 1.807) is 18.7 Å². The van der Waals surface area contributed by atoms with Gasteiger partial charge in [-0.3, -0.25) is 9.59 Å². The summed E-state index contributed by atoms with van der Waals surface area (Å²) in [6, 6.07) is 9.54. The van der Waals surface area contributed by atoms with E-state index in [9.17, 15) is 9.59 Å².